The molecule has 4 heteroatoms. The van der Waals surface area contributed by atoms with Crippen molar-refractivity contribution in [3.05, 3.63) is 75.3 Å². The van der Waals surface area contributed by atoms with Gasteiger partial charge in [-0.15, -0.1) is 0 Å². The Labute approximate surface area is 172 Å². The molecule has 0 amide bonds. The topological polar surface area (TPSA) is 46.2 Å². The minimum absolute atomic E-state index is 0.108. The van der Waals surface area contributed by atoms with Crippen LogP contribution in [0.15, 0.2) is 54.1 Å². The molecule has 1 saturated carbocycles. The van der Waals surface area contributed by atoms with E-state index in [1.165, 1.54) is 0 Å². The van der Waals surface area contributed by atoms with E-state index in [4.69, 9.17) is 28.9 Å². The number of halogens is 2. The van der Waals surface area contributed by atoms with Crippen molar-refractivity contribution in [2.24, 2.45) is 17.1 Å². The van der Waals surface area contributed by atoms with Crippen LogP contribution in [0.2, 0.25) is 10.0 Å². The summed E-state index contributed by atoms with van der Waals surface area (Å²) < 4.78 is 0. The first kappa shape index (κ1) is 20.4. The summed E-state index contributed by atoms with van der Waals surface area (Å²) >= 11 is 12.6. The van der Waals surface area contributed by atoms with Crippen molar-refractivity contribution in [3.63, 3.8) is 0 Å². The van der Waals surface area contributed by atoms with Crippen molar-refractivity contribution in [2.75, 3.05) is 6.54 Å². The molecule has 0 aliphatic heterocycles. The maximum atomic E-state index is 12.2. The van der Waals surface area contributed by atoms with Gasteiger partial charge in [0.05, 0.1) is 0 Å². The average molecular weight is 404 g/mol. The van der Waals surface area contributed by atoms with Crippen molar-refractivity contribution in [2.45, 2.75) is 38.7 Å². The van der Waals surface area contributed by atoms with Crippen molar-refractivity contribution in [1.82, 2.24) is 0 Å². The van der Waals surface area contributed by atoms with Gasteiger partial charge in [0, 0.05) is 16.0 Å². The number of benzene rings is 2. The van der Waals surface area contributed by atoms with E-state index in [0.29, 0.717) is 22.2 Å². The zero-order valence-corrected chi connectivity index (χ0v) is 17.4. The Morgan fingerprint density at radius 3 is 2.33 bits per heavy atom. The number of rotatable bonds is 3. The van der Waals surface area contributed by atoms with E-state index in [0.717, 1.165) is 30.4 Å². The van der Waals surface area contributed by atoms with E-state index in [1.54, 1.807) is 6.07 Å². The van der Waals surface area contributed by atoms with Crippen molar-refractivity contribution < 1.29 is 5.11 Å². The zero-order chi connectivity index (χ0) is 19.7. The minimum atomic E-state index is -1.22. The summed E-state index contributed by atoms with van der Waals surface area (Å²) in [5, 5.41) is 13.3. The van der Waals surface area contributed by atoms with Gasteiger partial charge in [-0.05, 0) is 59.7 Å². The van der Waals surface area contributed by atoms with Gasteiger partial charge in [0.1, 0.15) is 5.60 Å². The molecule has 1 aliphatic rings. The Bertz CT molecular complexity index is 811. The molecule has 2 aromatic rings. The lowest BCUT2D eigenvalue weighted by atomic mass is 9.67. The third kappa shape index (κ3) is 4.09. The summed E-state index contributed by atoms with van der Waals surface area (Å²) in [6, 6.07) is 15.4. The molecule has 2 nitrogen and oxygen atoms in total. The third-order valence-corrected chi connectivity index (χ3v) is 6.22. The molecule has 3 N–H and O–H groups in total. The third-order valence-electron chi connectivity index (χ3n) is 5.78. The van der Waals surface area contributed by atoms with Gasteiger partial charge >= 0.3 is 0 Å². The lowest BCUT2D eigenvalue weighted by Crippen LogP contribution is -2.43. The largest absolute Gasteiger partial charge is 0.380 e. The summed E-state index contributed by atoms with van der Waals surface area (Å²) in [6.45, 7) is 4.78. The van der Waals surface area contributed by atoms with Crippen LogP contribution in [0.1, 0.15) is 44.2 Å². The second-order valence-electron chi connectivity index (χ2n) is 8.10. The van der Waals surface area contributed by atoms with E-state index in [2.05, 4.69) is 32.1 Å². The van der Waals surface area contributed by atoms with E-state index < -0.39 is 5.60 Å². The first-order valence-corrected chi connectivity index (χ1v) is 10.2. The van der Waals surface area contributed by atoms with Gasteiger partial charge < -0.3 is 10.8 Å². The van der Waals surface area contributed by atoms with Crippen LogP contribution in [0.5, 0.6) is 0 Å². The summed E-state index contributed by atoms with van der Waals surface area (Å²) in [4.78, 5) is 0. The highest BCUT2D eigenvalue weighted by Crippen LogP contribution is 2.52. The SMILES string of the molecule is CC1(C)CCCC(CN)C(O)(c2cc(Cl)cc(Cl)c2)C1=Cc1ccccc1. The van der Waals surface area contributed by atoms with Gasteiger partial charge in [0.15, 0.2) is 0 Å². The second kappa shape index (κ2) is 7.97. The predicted octanol–water partition coefficient (Wildman–Crippen LogP) is 6.05. The number of hydrogen-bond donors (Lipinski definition) is 2. The fraction of sp³-hybridized carbons (Fsp3) is 0.391. The van der Waals surface area contributed by atoms with Crippen LogP contribution in [-0.2, 0) is 5.60 Å². The normalized spacial score (nSPS) is 26.7. The molecule has 2 atom stereocenters. The fourth-order valence-electron chi connectivity index (χ4n) is 4.34. The van der Waals surface area contributed by atoms with Crippen LogP contribution in [0.25, 0.3) is 6.08 Å². The lowest BCUT2D eigenvalue weighted by molar-refractivity contribution is 0.00531. The fourth-order valence-corrected chi connectivity index (χ4v) is 4.87. The summed E-state index contributed by atoms with van der Waals surface area (Å²) in [5.41, 5.74) is 7.48. The molecule has 0 aromatic heterocycles. The maximum absolute atomic E-state index is 12.2. The van der Waals surface area contributed by atoms with Gasteiger partial charge in [0.25, 0.3) is 0 Å². The molecule has 0 spiro atoms. The van der Waals surface area contributed by atoms with Crippen LogP contribution >= 0.6 is 23.2 Å². The van der Waals surface area contributed by atoms with Gasteiger partial charge in [-0.2, -0.15) is 0 Å². The van der Waals surface area contributed by atoms with Gasteiger partial charge in [-0.1, -0.05) is 79.9 Å². The highest BCUT2D eigenvalue weighted by atomic mass is 35.5. The van der Waals surface area contributed by atoms with Gasteiger partial charge in [-0.3, -0.25) is 0 Å². The lowest BCUT2D eigenvalue weighted by Gasteiger charge is -2.42. The number of aliphatic hydroxyl groups is 1. The molecule has 0 saturated heterocycles. The average Bonchev–Trinajstić information content (AvgIpc) is 2.71. The predicted molar refractivity (Wildman–Crippen MR) is 115 cm³/mol. The highest BCUT2D eigenvalue weighted by molar-refractivity contribution is 6.34. The Hall–Kier alpha value is -1.32. The number of hydrogen-bond acceptors (Lipinski definition) is 2. The van der Waals surface area contributed by atoms with E-state index >= 15 is 0 Å². The maximum Gasteiger partial charge on any atom is 0.116 e. The van der Waals surface area contributed by atoms with Crippen LogP contribution in [0, 0.1) is 11.3 Å². The highest BCUT2D eigenvalue weighted by Gasteiger charge is 2.48. The summed E-state index contributed by atoms with van der Waals surface area (Å²) in [5.74, 6) is -0.108. The van der Waals surface area contributed by atoms with Crippen LogP contribution in [0.4, 0.5) is 0 Å². The smallest absolute Gasteiger partial charge is 0.116 e. The quantitative estimate of drug-likeness (QED) is 0.612. The van der Waals surface area contributed by atoms with Crippen LogP contribution in [-0.4, -0.2) is 11.7 Å². The molecule has 27 heavy (non-hydrogen) atoms. The van der Waals surface area contributed by atoms with Crippen molar-refractivity contribution >= 4 is 29.3 Å². The van der Waals surface area contributed by atoms with E-state index in [-0.39, 0.29) is 11.3 Å². The Morgan fingerprint density at radius 1 is 1.11 bits per heavy atom. The van der Waals surface area contributed by atoms with Crippen molar-refractivity contribution in [3.8, 4) is 0 Å². The molecule has 1 aliphatic carbocycles. The molecule has 2 unspecified atom stereocenters. The first-order chi connectivity index (χ1) is 12.8. The molecule has 0 bridgehead atoms. The Morgan fingerprint density at radius 2 is 1.74 bits per heavy atom. The van der Waals surface area contributed by atoms with E-state index in [9.17, 15) is 5.11 Å². The molecule has 0 radical (unpaired) electrons. The Kier molecular flexibility index (Phi) is 6.02. The standard InChI is InChI=1S/C23H27Cl2NO/c1-22(2)10-6-9-17(15-26)23(27,18-12-19(24)14-20(25)13-18)21(22)11-16-7-4-3-5-8-16/h3-5,7-8,11-14,17,27H,6,9-10,15,26H2,1-2H3. The summed E-state index contributed by atoms with van der Waals surface area (Å²) in [6.07, 6.45) is 4.96. The minimum Gasteiger partial charge on any atom is -0.380 e. The molecule has 1 fully saturated rings. The molecular formula is C23H27Cl2NO. The van der Waals surface area contributed by atoms with Gasteiger partial charge in [-0.25, -0.2) is 0 Å². The summed E-state index contributed by atoms with van der Waals surface area (Å²) in [7, 11) is 0. The molecular weight excluding hydrogens is 377 g/mol. The second-order valence-corrected chi connectivity index (χ2v) is 8.97. The molecule has 2 aromatic carbocycles. The first-order valence-electron chi connectivity index (χ1n) is 9.44. The van der Waals surface area contributed by atoms with E-state index in [1.807, 2.05) is 30.3 Å². The zero-order valence-electron chi connectivity index (χ0n) is 15.9. The number of nitrogens with two attached hydrogens (primary N) is 1. The monoisotopic (exact) mass is 403 g/mol. The van der Waals surface area contributed by atoms with Crippen molar-refractivity contribution in [1.29, 1.82) is 0 Å². The molecule has 3 rings (SSSR count). The molecule has 144 valence electrons. The van der Waals surface area contributed by atoms with Crippen LogP contribution in [0.3, 0.4) is 0 Å². The molecule has 0 heterocycles. The Balaban J connectivity index is 2.29. The van der Waals surface area contributed by atoms with Crippen LogP contribution < -0.4 is 5.73 Å². The van der Waals surface area contributed by atoms with Gasteiger partial charge in [0.2, 0.25) is 0 Å².